The molecule has 0 bridgehead atoms. The van der Waals surface area contributed by atoms with Crippen molar-refractivity contribution in [2.24, 2.45) is 0 Å². The van der Waals surface area contributed by atoms with Crippen molar-refractivity contribution < 1.29 is 4.79 Å². The zero-order chi connectivity index (χ0) is 18.1. The molecule has 0 atom stereocenters. The van der Waals surface area contributed by atoms with Gasteiger partial charge in [0.2, 0.25) is 5.91 Å². The number of nitrogen functional groups attached to an aromatic ring is 1. The van der Waals surface area contributed by atoms with E-state index in [-0.39, 0.29) is 12.3 Å². The van der Waals surface area contributed by atoms with Gasteiger partial charge >= 0.3 is 0 Å². The van der Waals surface area contributed by atoms with E-state index in [4.69, 9.17) is 17.3 Å². The van der Waals surface area contributed by atoms with Crippen molar-refractivity contribution in [3.63, 3.8) is 0 Å². The van der Waals surface area contributed by atoms with Gasteiger partial charge in [-0.3, -0.25) is 4.79 Å². The van der Waals surface area contributed by atoms with Crippen LogP contribution in [0.1, 0.15) is 5.56 Å². The summed E-state index contributed by atoms with van der Waals surface area (Å²) in [6, 6.07) is 8.97. The van der Waals surface area contributed by atoms with Gasteiger partial charge in [-0.15, -0.1) is 11.3 Å². The van der Waals surface area contributed by atoms with E-state index in [0.29, 0.717) is 15.8 Å². The monoisotopic (exact) mass is 383 g/mol. The molecular formula is C18H14ClN5OS. The Hall–Kier alpha value is -2.90. The number of fused-ring (bicyclic) bond motifs is 1. The summed E-state index contributed by atoms with van der Waals surface area (Å²) in [4.78, 5) is 24.2. The number of amides is 1. The first kappa shape index (κ1) is 16.6. The largest absolute Gasteiger partial charge is 0.399 e. The smallest absolute Gasteiger partial charge is 0.230 e. The first-order valence-corrected chi connectivity index (χ1v) is 9.07. The number of nitrogens with two attached hydrogens (primary N) is 1. The molecule has 4 rings (SSSR count). The van der Waals surface area contributed by atoms with E-state index < -0.39 is 0 Å². The molecule has 6 nitrogen and oxygen atoms in total. The number of nitrogens with one attached hydrogen (secondary N) is 2. The number of H-pyrrole nitrogens is 1. The Morgan fingerprint density at radius 3 is 3.08 bits per heavy atom. The van der Waals surface area contributed by atoms with Crippen LogP contribution in [0.2, 0.25) is 5.02 Å². The molecule has 3 heterocycles. The highest BCUT2D eigenvalue weighted by atomic mass is 35.5. The highest BCUT2D eigenvalue weighted by Gasteiger charge is 2.13. The summed E-state index contributed by atoms with van der Waals surface area (Å²) in [6.07, 6.45) is 3.76. The topological polar surface area (TPSA) is 96.7 Å². The van der Waals surface area contributed by atoms with Gasteiger partial charge in [-0.05, 0) is 29.8 Å². The van der Waals surface area contributed by atoms with E-state index in [1.807, 2.05) is 23.7 Å². The van der Waals surface area contributed by atoms with Crippen molar-refractivity contribution in [1.29, 1.82) is 0 Å². The fraction of sp³-hybridized carbons (Fsp3) is 0.0556. The summed E-state index contributed by atoms with van der Waals surface area (Å²) in [5, 5.41) is 6.72. The van der Waals surface area contributed by atoms with E-state index in [2.05, 4.69) is 20.3 Å². The van der Waals surface area contributed by atoms with Crippen LogP contribution in [0.15, 0.2) is 48.1 Å². The fourth-order valence-electron chi connectivity index (χ4n) is 2.67. The number of aromatic nitrogens is 3. The predicted octanol–water partition coefficient (Wildman–Crippen LogP) is 4.10. The maximum absolute atomic E-state index is 12.3. The van der Waals surface area contributed by atoms with Crippen LogP contribution in [0.4, 0.5) is 10.8 Å². The van der Waals surface area contributed by atoms with E-state index in [1.54, 1.807) is 24.4 Å². The predicted molar refractivity (Wildman–Crippen MR) is 105 cm³/mol. The summed E-state index contributed by atoms with van der Waals surface area (Å²) >= 11 is 7.49. The number of hydrogen-bond donors (Lipinski definition) is 3. The van der Waals surface area contributed by atoms with Crippen molar-refractivity contribution in [2.45, 2.75) is 6.42 Å². The van der Waals surface area contributed by atoms with Gasteiger partial charge in [-0.2, -0.15) is 0 Å². The summed E-state index contributed by atoms with van der Waals surface area (Å²) in [7, 11) is 0. The van der Waals surface area contributed by atoms with E-state index >= 15 is 0 Å². The molecule has 130 valence electrons. The molecule has 4 aromatic rings. The molecule has 26 heavy (non-hydrogen) atoms. The van der Waals surface area contributed by atoms with Crippen LogP contribution < -0.4 is 11.1 Å². The lowest BCUT2D eigenvalue weighted by Gasteiger charge is -2.05. The summed E-state index contributed by atoms with van der Waals surface area (Å²) in [5.74, 6) is -0.182. The second kappa shape index (κ2) is 6.78. The minimum Gasteiger partial charge on any atom is -0.399 e. The second-order valence-electron chi connectivity index (χ2n) is 5.72. The van der Waals surface area contributed by atoms with Gasteiger partial charge in [-0.25, -0.2) is 9.97 Å². The Bertz CT molecular complexity index is 1100. The Morgan fingerprint density at radius 1 is 1.35 bits per heavy atom. The van der Waals surface area contributed by atoms with Crippen LogP contribution in [0.25, 0.3) is 22.3 Å². The number of nitrogens with zero attached hydrogens (tertiary/aromatic N) is 2. The van der Waals surface area contributed by atoms with Crippen molar-refractivity contribution in [3.05, 3.63) is 58.7 Å². The van der Waals surface area contributed by atoms with E-state index in [9.17, 15) is 4.79 Å². The second-order valence-corrected chi connectivity index (χ2v) is 6.98. The Balaban J connectivity index is 1.50. The Kier molecular flexibility index (Phi) is 4.32. The number of aromatic amines is 1. The van der Waals surface area contributed by atoms with Crippen molar-refractivity contribution in [3.8, 4) is 11.3 Å². The molecule has 0 saturated heterocycles. The van der Waals surface area contributed by atoms with E-state index in [1.165, 1.54) is 11.3 Å². The van der Waals surface area contributed by atoms with Gasteiger partial charge < -0.3 is 16.0 Å². The normalized spacial score (nSPS) is 11.0. The summed E-state index contributed by atoms with van der Waals surface area (Å²) in [5.41, 5.74) is 9.50. The van der Waals surface area contributed by atoms with Gasteiger partial charge in [-0.1, -0.05) is 17.7 Å². The molecule has 3 aromatic heterocycles. The molecule has 0 fully saturated rings. The van der Waals surface area contributed by atoms with E-state index in [0.717, 1.165) is 27.9 Å². The fourth-order valence-corrected chi connectivity index (χ4v) is 3.65. The van der Waals surface area contributed by atoms with Crippen molar-refractivity contribution in [2.75, 3.05) is 11.1 Å². The molecule has 1 aromatic carbocycles. The van der Waals surface area contributed by atoms with Crippen LogP contribution >= 0.6 is 22.9 Å². The third-order valence-electron chi connectivity index (χ3n) is 3.91. The van der Waals surface area contributed by atoms with Gasteiger partial charge in [0.05, 0.1) is 12.1 Å². The number of benzene rings is 1. The number of halogens is 1. The lowest BCUT2D eigenvalue weighted by molar-refractivity contribution is -0.115. The zero-order valence-electron chi connectivity index (χ0n) is 13.5. The molecule has 8 heteroatoms. The van der Waals surface area contributed by atoms with Crippen LogP contribution in [0.3, 0.4) is 0 Å². The van der Waals surface area contributed by atoms with Crippen LogP contribution in [0, 0.1) is 0 Å². The maximum Gasteiger partial charge on any atom is 0.230 e. The quantitative estimate of drug-likeness (QED) is 0.462. The molecule has 0 aliphatic carbocycles. The number of anilines is 2. The van der Waals surface area contributed by atoms with Crippen LogP contribution in [-0.2, 0) is 11.2 Å². The Morgan fingerprint density at radius 2 is 2.23 bits per heavy atom. The molecule has 0 aliphatic rings. The highest BCUT2D eigenvalue weighted by Crippen LogP contribution is 2.30. The summed E-state index contributed by atoms with van der Waals surface area (Å²) in [6.45, 7) is 0. The molecular weight excluding hydrogens is 370 g/mol. The number of thiazole rings is 1. The van der Waals surface area contributed by atoms with Gasteiger partial charge in [0, 0.05) is 39.4 Å². The highest BCUT2D eigenvalue weighted by molar-refractivity contribution is 7.14. The minimum absolute atomic E-state index is 0.158. The lowest BCUT2D eigenvalue weighted by Crippen LogP contribution is -2.14. The van der Waals surface area contributed by atoms with Gasteiger partial charge in [0.1, 0.15) is 5.65 Å². The Labute approximate surface area is 158 Å². The van der Waals surface area contributed by atoms with Gasteiger partial charge in [0.15, 0.2) is 5.13 Å². The number of rotatable bonds is 4. The number of pyridine rings is 1. The number of carbonyl (C=O) groups excluding carboxylic acids is 1. The molecule has 0 aliphatic heterocycles. The third kappa shape index (κ3) is 3.26. The van der Waals surface area contributed by atoms with Gasteiger partial charge in [0.25, 0.3) is 0 Å². The molecule has 4 N–H and O–H groups in total. The first-order valence-electron chi connectivity index (χ1n) is 7.82. The standard InChI is InChI=1S/C18H14ClN5OS/c19-14-7-11(20)4-3-10(14)6-16(25)24-18-23-15(9-26-18)13-8-22-17-12(13)2-1-5-21-17/h1-5,7-9H,6,20H2,(H,21,22)(H,23,24,25). The molecule has 0 radical (unpaired) electrons. The lowest BCUT2D eigenvalue weighted by atomic mass is 10.1. The maximum atomic E-state index is 12.3. The average molecular weight is 384 g/mol. The molecule has 0 spiro atoms. The average Bonchev–Trinajstić information content (AvgIpc) is 3.24. The minimum atomic E-state index is -0.182. The number of hydrogen-bond acceptors (Lipinski definition) is 5. The van der Waals surface area contributed by atoms with Crippen molar-refractivity contribution in [1.82, 2.24) is 15.0 Å². The first-order chi connectivity index (χ1) is 12.6. The zero-order valence-corrected chi connectivity index (χ0v) is 15.1. The molecule has 1 amide bonds. The third-order valence-corrected chi connectivity index (χ3v) is 5.02. The molecule has 0 unspecified atom stereocenters. The van der Waals surface area contributed by atoms with Crippen LogP contribution in [-0.4, -0.2) is 20.9 Å². The number of carbonyl (C=O) groups is 1. The van der Waals surface area contributed by atoms with Crippen LogP contribution in [0.5, 0.6) is 0 Å². The molecule has 0 saturated carbocycles. The van der Waals surface area contributed by atoms with Crippen molar-refractivity contribution >= 4 is 50.7 Å². The summed E-state index contributed by atoms with van der Waals surface area (Å²) < 4.78 is 0. The SMILES string of the molecule is Nc1ccc(CC(=O)Nc2nc(-c3c[nH]c4ncccc34)cs2)c(Cl)c1.